The molecule has 1 aliphatic heterocycles. The van der Waals surface area contributed by atoms with E-state index in [1.54, 1.807) is 17.8 Å². The van der Waals surface area contributed by atoms with Crippen molar-refractivity contribution in [1.29, 1.82) is 0 Å². The second kappa shape index (κ2) is 3.73. The van der Waals surface area contributed by atoms with Crippen LogP contribution < -0.4 is 5.73 Å². The van der Waals surface area contributed by atoms with Crippen molar-refractivity contribution in [2.45, 2.75) is 0 Å². The molecule has 0 spiro atoms. The van der Waals surface area contributed by atoms with E-state index in [2.05, 4.69) is 9.98 Å². The first-order valence-corrected chi connectivity index (χ1v) is 5.53. The van der Waals surface area contributed by atoms with Crippen molar-refractivity contribution in [3.05, 3.63) is 35.5 Å². The maximum atomic E-state index is 9.72. The van der Waals surface area contributed by atoms with Crippen LogP contribution in [0, 0.1) is 0 Å². The Morgan fingerprint density at radius 2 is 2.11 bits per heavy atom. The number of imidazole rings is 1. The first-order valence-electron chi connectivity index (χ1n) is 5.53. The highest BCUT2D eigenvalue weighted by molar-refractivity contribution is 6.21. The molecule has 90 valence electrons. The van der Waals surface area contributed by atoms with Crippen LogP contribution in [0.4, 0.5) is 11.6 Å². The third-order valence-corrected chi connectivity index (χ3v) is 3.00. The molecule has 0 bridgehead atoms. The maximum absolute atomic E-state index is 9.72. The molecule has 0 amide bonds. The molecule has 1 aliphatic rings. The number of para-hydroxylation sites is 1. The summed E-state index contributed by atoms with van der Waals surface area (Å²) >= 11 is 0. The molecule has 0 aliphatic carbocycles. The topological polar surface area (TPSA) is 76.4 Å². The molecular formula is C13H12N4O. The van der Waals surface area contributed by atoms with Gasteiger partial charge in [-0.1, -0.05) is 18.2 Å². The van der Waals surface area contributed by atoms with E-state index in [1.165, 1.54) is 0 Å². The van der Waals surface area contributed by atoms with E-state index in [0.717, 1.165) is 16.8 Å². The highest BCUT2D eigenvalue weighted by Crippen LogP contribution is 2.33. The summed E-state index contributed by atoms with van der Waals surface area (Å²) in [5.74, 6) is 0.211. The van der Waals surface area contributed by atoms with E-state index >= 15 is 0 Å². The van der Waals surface area contributed by atoms with Crippen LogP contribution in [-0.2, 0) is 7.05 Å². The van der Waals surface area contributed by atoms with Crippen LogP contribution in [0.2, 0.25) is 0 Å². The lowest BCUT2D eigenvalue weighted by Crippen LogP contribution is -1.98. The largest absolute Gasteiger partial charge is 0.492 e. The number of hydrogen-bond donors (Lipinski definition) is 2. The molecule has 2 heterocycles. The Hall–Kier alpha value is -2.56. The summed E-state index contributed by atoms with van der Waals surface area (Å²) in [5, 5.41) is 9.72. The fourth-order valence-corrected chi connectivity index (χ4v) is 1.98. The molecule has 0 saturated carbocycles. The van der Waals surface area contributed by atoms with Crippen LogP contribution in [0.25, 0.3) is 11.6 Å². The van der Waals surface area contributed by atoms with Crippen LogP contribution >= 0.6 is 0 Å². The van der Waals surface area contributed by atoms with Crippen molar-refractivity contribution in [1.82, 2.24) is 9.55 Å². The summed E-state index contributed by atoms with van der Waals surface area (Å²) in [6.07, 6.45) is 3.60. The number of rotatable bonds is 1. The van der Waals surface area contributed by atoms with Crippen molar-refractivity contribution in [3.63, 3.8) is 0 Å². The minimum Gasteiger partial charge on any atom is -0.492 e. The molecule has 18 heavy (non-hydrogen) atoms. The Labute approximate surface area is 104 Å². The fourth-order valence-electron chi connectivity index (χ4n) is 1.98. The van der Waals surface area contributed by atoms with Crippen LogP contribution in [0.3, 0.4) is 0 Å². The van der Waals surface area contributed by atoms with Crippen LogP contribution in [0.15, 0.2) is 29.3 Å². The zero-order chi connectivity index (χ0) is 12.7. The summed E-state index contributed by atoms with van der Waals surface area (Å²) in [7, 11) is 1.76. The summed E-state index contributed by atoms with van der Waals surface area (Å²) < 4.78 is 1.64. The molecule has 0 saturated heterocycles. The van der Waals surface area contributed by atoms with Crippen molar-refractivity contribution in [3.8, 4) is 5.88 Å². The van der Waals surface area contributed by atoms with Gasteiger partial charge in [-0.2, -0.15) is 4.98 Å². The number of aromatic nitrogens is 2. The van der Waals surface area contributed by atoms with E-state index in [-0.39, 0.29) is 11.8 Å². The molecule has 5 heteroatoms. The molecule has 0 atom stereocenters. The molecule has 1 aromatic heterocycles. The third-order valence-electron chi connectivity index (χ3n) is 3.00. The lowest BCUT2D eigenvalue weighted by molar-refractivity contribution is 0.455. The number of nitrogen functional groups attached to an aromatic ring is 1. The van der Waals surface area contributed by atoms with Crippen LogP contribution in [0.1, 0.15) is 11.3 Å². The van der Waals surface area contributed by atoms with Crippen molar-refractivity contribution < 1.29 is 5.11 Å². The summed E-state index contributed by atoms with van der Waals surface area (Å²) in [5.41, 5.74) is 9.12. The van der Waals surface area contributed by atoms with Gasteiger partial charge in [0.1, 0.15) is 5.69 Å². The van der Waals surface area contributed by atoms with Crippen molar-refractivity contribution >= 4 is 29.5 Å². The number of benzene rings is 1. The van der Waals surface area contributed by atoms with Gasteiger partial charge in [0.2, 0.25) is 11.8 Å². The molecule has 3 N–H and O–H groups in total. The SMILES string of the molecule is Cn1c(N)nc(O)c1C=C1C=Nc2ccccc21. The number of nitrogens with two attached hydrogens (primary N) is 1. The average molecular weight is 240 g/mol. The zero-order valence-electron chi connectivity index (χ0n) is 9.83. The van der Waals surface area contributed by atoms with E-state index in [0.29, 0.717) is 5.69 Å². The first kappa shape index (κ1) is 10.6. The molecule has 3 rings (SSSR count). The Kier molecular flexibility index (Phi) is 2.19. The number of anilines is 1. The molecular weight excluding hydrogens is 228 g/mol. The number of hydrogen-bond acceptors (Lipinski definition) is 4. The standard InChI is InChI=1S/C13H12N4O/c1-17-11(12(18)16-13(17)14)6-8-7-15-10-5-3-2-4-9(8)10/h2-7,18H,1H3,(H2,14,16). The Bertz CT molecular complexity index is 682. The number of fused-ring (bicyclic) bond motifs is 1. The van der Waals surface area contributed by atoms with Crippen molar-refractivity contribution in [2.24, 2.45) is 12.0 Å². The van der Waals surface area contributed by atoms with Crippen LogP contribution in [-0.4, -0.2) is 20.9 Å². The molecule has 0 unspecified atom stereocenters. The molecule has 1 aromatic carbocycles. The third kappa shape index (κ3) is 1.48. The maximum Gasteiger partial charge on any atom is 0.238 e. The molecule has 0 radical (unpaired) electrons. The Balaban J connectivity index is 2.12. The molecule has 5 nitrogen and oxygen atoms in total. The summed E-state index contributed by atoms with van der Waals surface area (Å²) in [6.45, 7) is 0. The van der Waals surface area contributed by atoms with Gasteiger partial charge >= 0.3 is 0 Å². The highest BCUT2D eigenvalue weighted by atomic mass is 16.3. The van der Waals surface area contributed by atoms with Gasteiger partial charge in [0.05, 0.1) is 5.69 Å². The fraction of sp³-hybridized carbons (Fsp3) is 0.0769. The van der Waals surface area contributed by atoms with Gasteiger partial charge in [-0.05, 0) is 12.1 Å². The first-order chi connectivity index (χ1) is 8.66. The average Bonchev–Trinajstić information content (AvgIpc) is 2.87. The van der Waals surface area contributed by atoms with E-state index in [1.807, 2.05) is 30.3 Å². The van der Waals surface area contributed by atoms with E-state index in [9.17, 15) is 5.11 Å². The quantitative estimate of drug-likeness (QED) is 0.800. The number of nitrogens with zero attached hydrogens (tertiary/aromatic N) is 3. The summed E-state index contributed by atoms with van der Waals surface area (Å²) in [6, 6.07) is 7.84. The molecule has 0 fully saturated rings. The van der Waals surface area contributed by atoms with Gasteiger partial charge in [0.15, 0.2) is 0 Å². The lowest BCUT2D eigenvalue weighted by atomic mass is 10.1. The number of aliphatic imine (C=N–C) groups is 1. The predicted octanol–water partition coefficient (Wildman–Crippen LogP) is 1.96. The van der Waals surface area contributed by atoms with Gasteiger partial charge < -0.3 is 15.4 Å². The second-order valence-corrected chi connectivity index (χ2v) is 4.11. The van der Waals surface area contributed by atoms with Gasteiger partial charge in [-0.25, -0.2) is 0 Å². The monoisotopic (exact) mass is 240 g/mol. The smallest absolute Gasteiger partial charge is 0.238 e. The molecule has 2 aromatic rings. The minimum absolute atomic E-state index is 0.0692. The van der Waals surface area contributed by atoms with Gasteiger partial charge in [-0.3, -0.25) is 4.99 Å². The predicted molar refractivity (Wildman–Crippen MR) is 71.8 cm³/mol. The van der Waals surface area contributed by atoms with Gasteiger partial charge in [-0.15, -0.1) is 0 Å². The Morgan fingerprint density at radius 1 is 1.33 bits per heavy atom. The summed E-state index contributed by atoms with van der Waals surface area (Å²) in [4.78, 5) is 8.12. The zero-order valence-corrected chi connectivity index (χ0v) is 9.83. The number of allylic oxidation sites excluding steroid dienone is 1. The minimum atomic E-state index is -0.0692. The normalized spacial score (nSPS) is 15.3. The lowest BCUT2D eigenvalue weighted by Gasteiger charge is -2.01. The van der Waals surface area contributed by atoms with Gasteiger partial charge in [0, 0.05) is 24.4 Å². The van der Waals surface area contributed by atoms with E-state index in [4.69, 9.17) is 5.73 Å². The number of aromatic hydroxyl groups is 1. The van der Waals surface area contributed by atoms with Crippen LogP contribution in [0.5, 0.6) is 5.88 Å². The van der Waals surface area contributed by atoms with Gasteiger partial charge in [0.25, 0.3) is 0 Å². The second-order valence-electron chi connectivity index (χ2n) is 4.11. The highest BCUT2D eigenvalue weighted by Gasteiger charge is 2.15. The Morgan fingerprint density at radius 3 is 2.83 bits per heavy atom. The van der Waals surface area contributed by atoms with Crippen molar-refractivity contribution in [2.75, 3.05) is 5.73 Å². The van der Waals surface area contributed by atoms with E-state index < -0.39 is 0 Å².